The number of fused-ring (bicyclic) bond motifs is 1. The summed E-state index contributed by atoms with van der Waals surface area (Å²) in [6.07, 6.45) is 4.74. The number of aromatic nitrogens is 3. The Morgan fingerprint density at radius 2 is 2.07 bits per heavy atom. The Hall–Kier alpha value is -2.02. The van der Waals surface area contributed by atoms with Gasteiger partial charge in [0.2, 0.25) is 5.88 Å². The Kier molecular flexibility index (Phi) is 5.86. The molecule has 29 heavy (non-hydrogen) atoms. The molecule has 4 rings (SSSR count). The van der Waals surface area contributed by atoms with Crippen molar-refractivity contribution in [2.45, 2.75) is 52.1 Å². The topological polar surface area (TPSA) is 68.1 Å². The van der Waals surface area contributed by atoms with Crippen LogP contribution in [0.4, 0.5) is 0 Å². The van der Waals surface area contributed by atoms with Crippen molar-refractivity contribution >= 4 is 22.9 Å². The van der Waals surface area contributed by atoms with Crippen molar-refractivity contribution in [3.05, 3.63) is 46.1 Å². The first-order chi connectivity index (χ1) is 14.0. The standard InChI is InChI=1S/C22H24ClN3O2S/c1-12(2)28-20-19(23)10-15(11-24-20)21-25-26-22(29-21)17-6-7-18-14(8-9-27)4-5-16(18)13(17)3/h6-7,10-12,14,27H,4-5,8-9H2,1-3H3/t14-/m1/s1. The number of rotatable bonds is 6. The van der Waals surface area contributed by atoms with Gasteiger partial charge in [-0.3, -0.25) is 0 Å². The summed E-state index contributed by atoms with van der Waals surface area (Å²) in [5.74, 6) is 0.898. The summed E-state index contributed by atoms with van der Waals surface area (Å²) in [5, 5.41) is 20.2. The van der Waals surface area contributed by atoms with Gasteiger partial charge in [0.05, 0.1) is 6.10 Å². The molecule has 0 unspecified atom stereocenters. The van der Waals surface area contributed by atoms with Crippen LogP contribution in [0.15, 0.2) is 24.4 Å². The fourth-order valence-corrected chi connectivity index (χ4v) is 5.07. The molecule has 2 heterocycles. The monoisotopic (exact) mass is 429 g/mol. The number of hydrogen-bond acceptors (Lipinski definition) is 6. The average Bonchev–Trinajstić information content (AvgIpc) is 3.32. The van der Waals surface area contributed by atoms with Crippen molar-refractivity contribution in [3.8, 4) is 27.0 Å². The van der Waals surface area contributed by atoms with Gasteiger partial charge in [0.1, 0.15) is 15.0 Å². The molecule has 0 aliphatic heterocycles. The summed E-state index contributed by atoms with van der Waals surface area (Å²) in [6, 6.07) is 6.16. The maximum absolute atomic E-state index is 9.31. The van der Waals surface area contributed by atoms with Gasteiger partial charge in [-0.1, -0.05) is 35.1 Å². The number of hydrogen-bond donors (Lipinski definition) is 1. The quantitative estimate of drug-likeness (QED) is 0.565. The van der Waals surface area contributed by atoms with Crippen LogP contribution in [-0.2, 0) is 6.42 Å². The van der Waals surface area contributed by atoms with E-state index in [1.807, 2.05) is 19.9 Å². The van der Waals surface area contributed by atoms with Gasteiger partial charge in [0.25, 0.3) is 0 Å². The highest BCUT2D eigenvalue weighted by atomic mass is 35.5. The number of pyridine rings is 1. The first-order valence-corrected chi connectivity index (χ1v) is 11.1. The van der Waals surface area contributed by atoms with Crippen molar-refractivity contribution in [2.75, 3.05) is 6.61 Å². The lowest BCUT2D eigenvalue weighted by atomic mass is 9.94. The molecule has 2 aromatic heterocycles. The lowest BCUT2D eigenvalue weighted by Crippen LogP contribution is -2.07. The van der Waals surface area contributed by atoms with Crippen LogP contribution in [0.3, 0.4) is 0 Å². The van der Waals surface area contributed by atoms with Crippen LogP contribution in [0.2, 0.25) is 5.02 Å². The molecule has 0 saturated carbocycles. The van der Waals surface area contributed by atoms with Crippen molar-refractivity contribution in [1.29, 1.82) is 0 Å². The predicted molar refractivity (Wildman–Crippen MR) is 117 cm³/mol. The summed E-state index contributed by atoms with van der Waals surface area (Å²) < 4.78 is 5.60. The molecule has 1 atom stereocenters. The lowest BCUT2D eigenvalue weighted by Gasteiger charge is -2.12. The minimum absolute atomic E-state index is 0.0127. The van der Waals surface area contributed by atoms with Crippen LogP contribution < -0.4 is 4.74 Å². The third-order valence-corrected chi connectivity index (χ3v) is 6.63. The molecule has 0 saturated heterocycles. The second-order valence-corrected chi connectivity index (χ2v) is 9.03. The van der Waals surface area contributed by atoms with E-state index in [4.69, 9.17) is 16.3 Å². The van der Waals surface area contributed by atoms with E-state index in [0.29, 0.717) is 16.8 Å². The number of halogens is 1. The summed E-state index contributed by atoms with van der Waals surface area (Å²) in [5.41, 5.74) is 5.99. The summed E-state index contributed by atoms with van der Waals surface area (Å²) in [4.78, 5) is 4.33. The predicted octanol–water partition coefficient (Wildman–Crippen LogP) is 5.43. The molecule has 0 spiro atoms. The molecule has 0 bridgehead atoms. The molecule has 0 fully saturated rings. The van der Waals surface area contributed by atoms with Gasteiger partial charge in [0, 0.05) is 23.9 Å². The summed E-state index contributed by atoms with van der Waals surface area (Å²) in [7, 11) is 0. The maximum Gasteiger partial charge on any atom is 0.232 e. The van der Waals surface area contributed by atoms with Crippen molar-refractivity contribution in [1.82, 2.24) is 15.2 Å². The summed E-state index contributed by atoms with van der Waals surface area (Å²) >= 11 is 7.86. The highest BCUT2D eigenvalue weighted by molar-refractivity contribution is 7.17. The van der Waals surface area contributed by atoms with Gasteiger partial charge in [-0.25, -0.2) is 4.98 Å². The molecule has 5 nitrogen and oxygen atoms in total. The fourth-order valence-electron chi connectivity index (χ4n) is 3.95. The largest absolute Gasteiger partial charge is 0.474 e. The highest BCUT2D eigenvalue weighted by Crippen LogP contribution is 2.41. The van der Waals surface area contributed by atoms with Gasteiger partial charge >= 0.3 is 0 Å². The Morgan fingerprint density at radius 1 is 1.28 bits per heavy atom. The van der Waals surface area contributed by atoms with E-state index in [-0.39, 0.29) is 12.7 Å². The van der Waals surface area contributed by atoms with E-state index in [1.165, 1.54) is 28.0 Å². The zero-order valence-corrected chi connectivity index (χ0v) is 18.3. The molecule has 1 aromatic carbocycles. The van der Waals surface area contributed by atoms with E-state index in [1.54, 1.807) is 6.20 Å². The zero-order chi connectivity index (χ0) is 20.5. The van der Waals surface area contributed by atoms with Gasteiger partial charge in [0.15, 0.2) is 0 Å². The van der Waals surface area contributed by atoms with E-state index >= 15 is 0 Å². The van der Waals surface area contributed by atoms with Gasteiger partial charge in [-0.05, 0) is 68.7 Å². The summed E-state index contributed by atoms with van der Waals surface area (Å²) in [6.45, 7) is 6.27. The van der Waals surface area contributed by atoms with Crippen LogP contribution in [-0.4, -0.2) is 33.0 Å². The molecule has 0 amide bonds. The van der Waals surface area contributed by atoms with E-state index in [2.05, 4.69) is 34.2 Å². The Balaban J connectivity index is 1.63. The zero-order valence-electron chi connectivity index (χ0n) is 16.8. The number of aliphatic hydroxyl groups is 1. The maximum atomic E-state index is 9.31. The minimum Gasteiger partial charge on any atom is -0.474 e. The van der Waals surface area contributed by atoms with Gasteiger partial charge in [-0.15, -0.1) is 10.2 Å². The van der Waals surface area contributed by atoms with Crippen LogP contribution >= 0.6 is 22.9 Å². The SMILES string of the molecule is Cc1c(-c2nnc(-c3cnc(OC(C)C)c(Cl)c3)s2)ccc2c1CC[C@@H]2CCO. The molecule has 152 valence electrons. The normalized spacial score (nSPS) is 15.7. The second kappa shape index (κ2) is 8.38. The first-order valence-electron chi connectivity index (χ1n) is 9.87. The lowest BCUT2D eigenvalue weighted by molar-refractivity contribution is 0.233. The van der Waals surface area contributed by atoms with E-state index in [0.717, 1.165) is 40.4 Å². The van der Waals surface area contributed by atoms with Gasteiger partial charge < -0.3 is 9.84 Å². The van der Waals surface area contributed by atoms with Crippen LogP contribution in [0, 0.1) is 6.92 Å². The number of ether oxygens (including phenoxy) is 1. The fraction of sp³-hybridized carbons (Fsp3) is 0.409. The highest BCUT2D eigenvalue weighted by Gasteiger charge is 2.25. The molecule has 1 N–H and O–H groups in total. The average molecular weight is 430 g/mol. The third kappa shape index (κ3) is 4.02. The number of aliphatic hydroxyl groups excluding tert-OH is 1. The molecule has 1 aliphatic carbocycles. The van der Waals surface area contributed by atoms with Crippen molar-refractivity contribution in [3.63, 3.8) is 0 Å². The van der Waals surface area contributed by atoms with Crippen molar-refractivity contribution in [2.24, 2.45) is 0 Å². The molecular weight excluding hydrogens is 406 g/mol. The minimum atomic E-state index is 0.0127. The Labute approximate surface area is 179 Å². The first kappa shape index (κ1) is 20.3. The molecule has 1 aliphatic rings. The van der Waals surface area contributed by atoms with E-state index < -0.39 is 0 Å². The van der Waals surface area contributed by atoms with Crippen molar-refractivity contribution < 1.29 is 9.84 Å². The number of nitrogens with zero attached hydrogens (tertiary/aromatic N) is 3. The molecule has 7 heteroatoms. The van der Waals surface area contributed by atoms with Crippen LogP contribution in [0.1, 0.15) is 49.3 Å². The molecule has 3 aromatic rings. The third-order valence-electron chi connectivity index (χ3n) is 5.35. The molecule has 0 radical (unpaired) electrons. The Morgan fingerprint density at radius 3 is 2.79 bits per heavy atom. The van der Waals surface area contributed by atoms with Gasteiger partial charge in [-0.2, -0.15) is 0 Å². The smallest absolute Gasteiger partial charge is 0.232 e. The number of benzene rings is 1. The Bertz CT molecular complexity index is 1030. The van der Waals surface area contributed by atoms with Crippen LogP contribution in [0.5, 0.6) is 5.88 Å². The second-order valence-electron chi connectivity index (χ2n) is 7.64. The van der Waals surface area contributed by atoms with Crippen LogP contribution in [0.25, 0.3) is 21.1 Å². The molecular formula is C22H24ClN3O2S. The van der Waals surface area contributed by atoms with E-state index in [9.17, 15) is 5.11 Å².